The number of nitrogens with two attached hydrogens (primary N) is 1. The van der Waals surface area contributed by atoms with Crippen molar-refractivity contribution in [3.63, 3.8) is 0 Å². The topological polar surface area (TPSA) is 43.8 Å². The van der Waals surface area contributed by atoms with Gasteiger partial charge in [-0.1, -0.05) is 13.3 Å². The highest BCUT2D eigenvalue weighted by molar-refractivity contribution is 5.18. The summed E-state index contributed by atoms with van der Waals surface area (Å²) < 4.78 is 2.43. The average molecular weight is 247 g/mol. The minimum atomic E-state index is 0.327. The average Bonchev–Trinajstić information content (AvgIpc) is 2.83. The molecular weight excluding hydrogens is 222 g/mol. The van der Waals surface area contributed by atoms with Crippen LogP contribution in [0.25, 0.3) is 0 Å². The maximum Gasteiger partial charge on any atom is 0.0954 e. The predicted octanol–water partition coefficient (Wildman–Crippen LogP) is 2.84. The largest absolute Gasteiger partial charge is 0.330 e. The van der Waals surface area contributed by atoms with E-state index in [4.69, 9.17) is 5.73 Å². The van der Waals surface area contributed by atoms with Crippen LogP contribution < -0.4 is 5.73 Å². The number of aryl methyl sites for hydroxylation is 1. The normalized spacial score (nSPS) is 32.2. The van der Waals surface area contributed by atoms with Crippen LogP contribution in [0.15, 0.2) is 6.33 Å². The third-order valence-corrected chi connectivity index (χ3v) is 4.97. The lowest BCUT2D eigenvalue weighted by atomic mass is 9.81. The Morgan fingerprint density at radius 3 is 3.00 bits per heavy atom. The SMILES string of the molecule is CCC1CCC(N)C(n2cnc3c2CCCC3)C1. The van der Waals surface area contributed by atoms with Gasteiger partial charge in [0.05, 0.1) is 18.1 Å². The monoisotopic (exact) mass is 247 g/mol. The van der Waals surface area contributed by atoms with Crippen molar-refractivity contribution in [1.29, 1.82) is 0 Å². The lowest BCUT2D eigenvalue weighted by Gasteiger charge is -2.35. The molecule has 1 aromatic rings. The Labute approximate surface area is 110 Å². The summed E-state index contributed by atoms with van der Waals surface area (Å²) in [5.41, 5.74) is 9.20. The molecule has 0 amide bonds. The van der Waals surface area contributed by atoms with Crippen molar-refractivity contribution in [2.75, 3.05) is 0 Å². The molecule has 0 bridgehead atoms. The molecule has 1 saturated carbocycles. The molecule has 3 rings (SSSR count). The Kier molecular flexibility index (Phi) is 3.42. The first-order chi connectivity index (χ1) is 8.79. The molecule has 3 unspecified atom stereocenters. The minimum Gasteiger partial charge on any atom is -0.330 e. The summed E-state index contributed by atoms with van der Waals surface area (Å²) >= 11 is 0. The van der Waals surface area contributed by atoms with Crippen LogP contribution in [-0.4, -0.2) is 15.6 Å². The second-order valence-electron chi connectivity index (χ2n) is 6.07. The van der Waals surface area contributed by atoms with Crippen LogP contribution in [-0.2, 0) is 12.8 Å². The number of hydrogen-bond donors (Lipinski definition) is 1. The second-order valence-corrected chi connectivity index (χ2v) is 6.07. The molecule has 100 valence electrons. The molecule has 1 fully saturated rings. The van der Waals surface area contributed by atoms with Gasteiger partial charge in [-0.3, -0.25) is 0 Å². The van der Waals surface area contributed by atoms with E-state index in [1.807, 2.05) is 0 Å². The Morgan fingerprint density at radius 2 is 2.17 bits per heavy atom. The summed E-state index contributed by atoms with van der Waals surface area (Å²) in [6.45, 7) is 2.31. The molecule has 0 aromatic carbocycles. The van der Waals surface area contributed by atoms with Crippen molar-refractivity contribution < 1.29 is 0 Å². The molecule has 2 aliphatic carbocycles. The number of hydrogen-bond acceptors (Lipinski definition) is 2. The maximum absolute atomic E-state index is 6.37. The van der Waals surface area contributed by atoms with Crippen molar-refractivity contribution in [2.24, 2.45) is 11.7 Å². The van der Waals surface area contributed by atoms with E-state index in [1.165, 1.54) is 62.8 Å². The zero-order valence-electron chi connectivity index (χ0n) is 11.4. The van der Waals surface area contributed by atoms with E-state index < -0.39 is 0 Å². The smallest absolute Gasteiger partial charge is 0.0954 e. The first-order valence-electron chi connectivity index (χ1n) is 7.59. The van der Waals surface area contributed by atoms with Crippen molar-refractivity contribution in [2.45, 2.75) is 70.4 Å². The number of nitrogens with zero attached hydrogens (tertiary/aromatic N) is 2. The standard InChI is InChI=1S/C15H25N3/c1-2-11-7-8-12(16)15(9-11)18-10-17-13-5-3-4-6-14(13)18/h10-12,15H,2-9,16H2,1H3. The number of aromatic nitrogens is 2. The van der Waals surface area contributed by atoms with Crippen LogP contribution in [0, 0.1) is 5.92 Å². The molecule has 2 N–H and O–H groups in total. The molecule has 3 atom stereocenters. The number of rotatable bonds is 2. The minimum absolute atomic E-state index is 0.327. The highest BCUT2D eigenvalue weighted by Gasteiger charge is 2.30. The lowest BCUT2D eigenvalue weighted by Crippen LogP contribution is -2.38. The quantitative estimate of drug-likeness (QED) is 0.873. The fourth-order valence-electron chi connectivity index (χ4n) is 3.72. The molecule has 2 aliphatic rings. The fraction of sp³-hybridized carbons (Fsp3) is 0.800. The van der Waals surface area contributed by atoms with Gasteiger partial charge in [0.1, 0.15) is 0 Å². The lowest BCUT2D eigenvalue weighted by molar-refractivity contribution is 0.226. The van der Waals surface area contributed by atoms with Gasteiger partial charge < -0.3 is 10.3 Å². The van der Waals surface area contributed by atoms with Gasteiger partial charge in [0.2, 0.25) is 0 Å². The number of imidazole rings is 1. The molecule has 0 radical (unpaired) electrons. The van der Waals surface area contributed by atoms with Gasteiger partial charge in [-0.25, -0.2) is 4.98 Å². The van der Waals surface area contributed by atoms with E-state index in [9.17, 15) is 0 Å². The molecule has 3 nitrogen and oxygen atoms in total. The summed E-state index contributed by atoms with van der Waals surface area (Å²) in [6.07, 6.45) is 12.1. The van der Waals surface area contributed by atoms with E-state index in [0.717, 1.165) is 5.92 Å². The van der Waals surface area contributed by atoms with Crippen molar-refractivity contribution in [3.8, 4) is 0 Å². The van der Waals surface area contributed by atoms with Crippen LogP contribution >= 0.6 is 0 Å². The van der Waals surface area contributed by atoms with Crippen molar-refractivity contribution >= 4 is 0 Å². The van der Waals surface area contributed by atoms with E-state index in [-0.39, 0.29) is 0 Å². The van der Waals surface area contributed by atoms with Gasteiger partial charge in [-0.15, -0.1) is 0 Å². The molecule has 1 aromatic heterocycles. The summed E-state index contributed by atoms with van der Waals surface area (Å²) in [5, 5.41) is 0. The van der Waals surface area contributed by atoms with E-state index in [0.29, 0.717) is 12.1 Å². The molecule has 3 heteroatoms. The Bertz CT molecular complexity index is 410. The van der Waals surface area contributed by atoms with E-state index in [2.05, 4.69) is 22.8 Å². The molecule has 0 aliphatic heterocycles. The van der Waals surface area contributed by atoms with Crippen LogP contribution in [0.2, 0.25) is 0 Å². The van der Waals surface area contributed by atoms with Crippen LogP contribution in [0.5, 0.6) is 0 Å². The molecule has 1 heterocycles. The second kappa shape index (κ2) is 5.04. The molecule has 0 spiro atoms. The highest BCUT2D eigenvalue weighted by Crippen LogP contribution is 2.35. The van der Waals surface area contributed by atoms with Crippen LogP contribution in [0.3, 0.4) is 0 Å². The number of fused-ring (bicyclic) bond motifs is 1. The van der Waals surface area contributed by atoms with E-state index in [1.54, 1.807) is 0 Å². The summed E-state index contributed by atoms with van der Waals surface area (Å²) in [4.78, 5) is 4.62. The first-order valence-corrected chi connectivity index (χ1v) is 7.59. The third-order valence-electron chi connectivity index (χ3n) is 4.97. The predicted molar refractivity (Wildman–Crippen MR) is 73.5 cm³/mol. The Morgan fingerprint density at radius 1 is 1.33 bits per heavy atom. The van der Waals surface area contributed by atoms with Gasteiger partial charge in [-0.2, -0.15) is 0 Å². The van der Waals surface area contributed by atoms with Crippen LogP contribution in [0.4, 0.5) is 0 Å². The summed E-state index contributed by atoms with van der Waals surface area (Å²) in [6, 6.07) is 0.825. The van der Waals surface area contributed by atoms with Gasteiger partial charge in [0.25, 0.3) is 0 Å². The third kappa shape index (κ3) is 2.09. The van der Waals surface area contributed by atoms with Gasteiger partial charge in [0, 0.05) is 11.7 Å². The Hall–Kier alpha value is -0.830. The summed E-state index contributed by atoms with van der Waals surface area (Å²) in [7, 11) is 0. The van der Waals surface area contributed by atoms with Crippen molar-refractivity contribution in [1.82, 2.24) is 9.55 Å². The van der Waals surface area contributed by atoms with E-state index >= 15 is 0 Å². The van der Waals surface area contributed by atoms with Gasteiger partial charge >= 0.3 is 0 Å². The van der Waals surface area contributed by atoms with Crippen molar-refractivity contribution in [3.05, 3.63) is 17.7 Å². The van der Waals surface area contributed by atoms with Gasteiger partial charge in [-0.05, 0) is 50.9 Å². The molecule has 18 heavy (non-hydrogen) atoms. The Balaban J connectivity index is 1.86. The zero-order valence-corrected chi connectivity index (χ0v) is 11.4. The fourth-order valence-corrected chi connectivity index (χ4v) is 3.72. The van der Waals surface area contributed by atoms with Crippen LogP contribution in [0.1, 0.15) is 62.9 Å². The molecule has 0 saturated heterocycles. The highest BCUT2D eigenvalue weighted by atomic mass is 15.1. The first kappa shape index (κ1) is 12.2. The zero-order chi connectivity index (χ0) is 12.5. The molecular formula is C15H25N3. The maximum atomic E-state index is 6.37. The summed E-state index contributed by atoms with van der Waals surface area (Å²) in [5.74, 6) is 0.858. The van der Waals surface area contributed by atoms with Gasteiger partial charge in [0.15, 0.2) is 0 Å².